The van der Waals surface area contributed by atoms with Gasteiger partial charge < -0.3 is 20.7 Å². The Bertz CT molecular complexity index is 297. The standard InChI is InChI=1S/C10H18N2O4/c1-3-7(14)8(10(15)16-4-2)9(11)12-5-6-13/h13-14H,3-6H2,1-2H3,(H2,11,12). The molecule has 0 rings (SSSR count). The van der Waals surface area contributed by atoms with Crippen molar-refractivity contribution < 1.29 is 19.7 Å². The summed E-state index contributed by atoms with van der Waals surface area (Å²) in [6, 6.07) is 0. The first kappa shape index (κ1) is 14.4. The molecular weight excluding hydrogens is 212 g/mol. The third-order valence-corrected chi connectivity index (χ3v) is 1.74. The summed E-state index contributed by atoms with van der Waals surface area (Å²) in [6.07, 6.45) is 0.253. The van der Waals surface area contributed by atoms with Crippen LogP contribution in [0.3, 0.4) is 0 Å². The number of nitrogens with two attached hydrogens (primary N) is 1. The fraction of sp³-hybridized carbons (Fsp3) is 0.600. The van der Waals surface area contributed by atoms with Gasteiger partial charge >= 0.3 is 5.97 Å². The highest BCUT2D eigenvalue weighted by atomic mass is 16.5. The zero-order valence-electron chi connectivity index (χ0n) is 9.56. The van der Waals surface area contributed by atoms with E-state index in [-0.39, 0.29) is 43.3 Å². The summed E-state index contributed by atoms with van der Waals surface area (Å²) in [5, 5.41) is 18.1. The zero-order valence-corrected chi connectivity index (χ0v) is 9.56. The molecule has 0 aromatic rings. The van der Waals surface area contributed by atoms with Crippen molar-refractivity contribution in [2.24, 2.45) is 10.7 Å². The maximum Gasteiger partial charge on any atom is 0.345 e. The van der Waals surface area contributed by atoms with Crippen LogP contribution in [0.1, 0.15) is 20.3 Å². The first-order chi connectivity index (χ1) is 7.58. The van der Waals surface area contributed by atoms with Crippen molar-refractivity contribution in [3.05, 3.63) is 11.3 Å². The molecule has 0 unspecified atom stereocenters. The van der Waals surface area contributed by atoms with Gasteiger partial charge in [-0.1, -0.05) is 6.92 Å². The maximum atomic E-state index is 11.5. The van der Waals surface area contributed by atoms with Gasteiger partial charge in [0.1, 0.15) is 17.2 Å². The van der Waals surface area contributed by atoms with Gasteiger partial charge in [-0.15, -0.1) is 0 Å². The van der Waals surface area contributed by atoms with E-state index in [0.29, 0.717) is 0 Å². The van der Waals surface area contributed by atoms with E-state index in [1.807, 2.05) is 0 Å². The van der Waals surface area contributed by atoms with Gasteiger partial charge in [0.05, 0.1) is 19.8 Å². The summed E-state index contributed by atoms with van der Waals surface area (Å²) in [7, 11) is 0. The topological polar surface area (TPSA) is 105 Å². The van der Waals surface area contributed by atoms with E-state index in [4.69, 9.17) is 15.6 Å². The number of hydrogen-bond acceptors (Lipinski definition) is 5. The fourth-order valence-electron chi connectivity index (χ4n) is 1.000. The number of carbonyl (C=O) groups is 1. The van der Waals surface area contributed by atoms with Crippen LogP contribution in [0, 0.1) is 0 Å². The molecule has 0 atom stereocenters. The lowest BCUT2D eigenvalue weighted by molar-refractivity contribution is -0.138. The fourth-order valence-corrected chi connectivity index (χ4v) is 1.000. The molecule has 0 aromatic carbocycles. The third kappa shape index (κ3) is 4.31. The summed E-state index contributed by atoms with van der Waals surface area (Å²) in [5.41, 5.74) is 5.40. The molecule has 0 fully saturated rings. The van der Waals surface area contributed by atoms with Gasteiger partial charge in [0.2, 0.25) is 0 Å². The van der Waals surface area contributed by atoms with E-state index in [1.165, 1.54) is 0 Å². The quantitative estimate of drug-likeness (QED) is 0.198. The van der Waals surface area contributed by atoms with E-state index < -0.39 is 5.97 Å². The smallest absolute Gasteiger partial charge is 0.345 e. The highest BCUT2D eigenvalue weighted by Gasteiger charge is 2.19. The normalized spacial score (nSPS) is 13.3. The molecule has 0 bridgehead atoms. The minimum atomic E-state index is -0.707. The van der Waals surface area contributed by atoms with Crippen molar-refractivity contribution in [2.75, 3.05) is 19.8 Å². The van der Waals surface area contributed by atoms with E-state index in [0.717, 1.165) is 0 Å². The lowest BCUT2D eigenvalue weighted by Crippen LogP contribution is -2.25. The molecular formula is C10H18N2O4. The van der Waals surface area contributed by atoms with Gasteiger partial charge in [-0.3, -0.25) is 4.99 Å². The SMILES string of the molecule is CCOC(=O)C(C(N)=NCCO)=C(O)CC. The van der Waals surface area contributed by atoms with Gasteiger partial charge in [-0.05, 0) is 6.92 Å². The van der Waals surface area contributed by atoms with E-state index in [1.54, 1.807) is 13.8 Å². The van der Waals surface area contributed by atoms with Crippen LogP contribution in [-0.4, -0.2) is 41.8 Å². The number of nitrogens with zero attached hydrogens (tertiary/aromatic N) is 1. The molecule has 0 heterocycles. The minimum absolute atomic E-state index is 0.0751. The first-order valence-corrected chi connectivity index (χ1v) is 5.08. The number of aliphatic hydroxyl groups excluding tert-OH is 2. The first-order valence-electron chi connectivity index (χ1n) is 5.08. The summed E-state index contributed by atoms with van der Waals surface area (Å²) >= 11 is 0. The summed E-state index contributed by atoms with van der Waals surface area (Å²) < 4.78 is 4.75. The monoisotopic (exact) mass is 230 g/mol. The molecule has 0 spiro atoms. The Balaban J connectivity index is 5.03. The number of carbonyl (C=O) groups excluding carboxylic acids is 1. The van der Waals surface area contributed by atoms with Crippen molar-refractivity contribution in [1.82, 2.24) is 0 Å². The van der Waals surface area contributed by atoms with Gasteiger partial charge in [-0.2, -0.15) is 0 Å². The Labute approximate surface area is 94.4 Å². The molecule has 0 amide bonds. The van der Waals surface area contributed by atoms with Crippen molar-refractivity contribution >= 4 is 11.8 Å². The molecule has 0 saturated carbocycles. The molecule has 6 nitrogen and oxygen atoms in total. The van der Waals surface area contributed by atoms with Gasteiger partial charge in [0, 0.05) is 6.42 Å². The Morgan fingerprint density at radius 2 is 2.06 bits per heavy atom. The molecule has 0 radical (unpaired) electrons. The lowest BCUT2D eigenvalue weighted by Gasteiger charge is -2.08. The number of esters is 1. The Hall–Kier alpha value is -1.56. The number of aliphatic hydroxyl groups is 2. The second-order valence-electron chi connectivity index (χ2n) is 2.89. The van der Waals surface area contributed by atoms with Crippen LogP contribution < -0.4 is 5.73 Å². The molecule has 16 heavy (non-hydrogen) atoms. The second-order valence-corrected chi connectivity index (χ2v) is 2.89. The molecule has 6 heteroatoms. The highest BCUT2D eigenvalue weighted by molar-refractivity contribution is 6.18. The average Bonchev–Trinajstić information content (AvgIpc) is 2.26. The van der Waals surface area contributed by atoms with Gasteiger partial charge in [-0.25, -0.2) is 4.79 Å². The Morgan fingerprint density at radius 1 is 1.44 bits per heavy atom. The van der Waals surface area contributed by atoms with Crippen LogP contribution in [0.4, 0.5) is 0 Å². The molecule has 0 aliphatic heterocycles. The summed E-state index contributed by atoms with van der Waals surface area (Å²) in [4.78, 5) is 15.2. The predicted molar refractivity (Wildman–Crippen MR) is 60.2 cm³/mol. The maximum absolute atomic E-state index is 11.5. The molecule has 0 aliphatic carbocycles. The second kappa shape index (κ2) is 7.70. The highest BCUT2D eigenvalue weighted by Crippen LogP contribution is 2.08. The van der Waals surface area contributed by atoms with Crippen LogP contribution >= 0.6 is 0 Å². The number of ether oxygens (including phenoxy) is 1. The number of allylic oxidation sites excluding steroid dienone is 1. The predicted octanol–water partition coefficient (Wildman–Crippen LogP) is 0.121. The average molecular weight is 230 g/mol. The number of aliphatic imine (C=N–C) groups is 1. The third-order valence-electron chi connectivity index (χ3n) is 1.74. The van der Waals surface area contributed by atoms with Crippen molar-refractivity contribution in [1.29, 1.82) is 0 Å². The summed E-state index contributed by atoms with van der Waals surface area (Å²) in [6.45, 7) is 3.41. The van der Waals surface area contributed by atoms with Crippen LogP contribution in [-0.2, 0) is 9.53 Å². The van der Waals surface area contributed by atoms with Crippen LogP contribution in [0.5, 0.6) is 0 Å². The molecule has 4 N–H and O–H groups in total. The minimum Gasteiger partial charge on any atom is -0.511 e. The van der Waals surface area contributed by atoms with Crippen LogP contribution in [0.15, 0.2) is 16.3 Å². The number of hydrogen-bond donors (Lipinski definition) is 3. The summed E-state index contributed by atoms with van der Waals surface area (Å²) in [5.74, 6) is -0.995. The molecule has 0 aliphatic rings. The molecule has 92 valence electrons. The molecule has 0 aromatic heterocycles. The van der Waals surface area contributed by atoms with Crippen molar-refractivity contribution in [2.45, 2.75) is 20.3 Å². The zero-order chi connectivity index (χ0) is 12.6. The van der Waals surface area contributed by atoms with E-state index >= 15 is 0 Å². The van der Waals surface area contributed by atoms with Crippen LogP contribution in [0.2, 0.25) is 0 Å². The Morgan fingerprint density at radius 3 is 2.50 bits per heavy atom. The number of rotatable bonds is 6. The largest absolute Gasteiger partial charge is 0.511 e. The van der Waals surface area contributed by atoms with Gasteiger partial charge in [0.25, 0.3) is 0 Å². The lowest BCUT2D eigenvalue weighted by atomic mass is 10.2. The number of amidine groups is 1. The Kier molecular flexibility index (Phi) is 6.95. The van der Waals surface area contributed by atoms with Crippen molar-refractivity contribution in [3.63, 3.8) is 0 Å². The molecule has 0 saturated heterocycles. The van der Waals surface area contributed by atoms with E-state index in [9.17, 15) is 9.90 Å². The van der Waals surface area contributed by atoms with Crippen LogP contribution in [0.25, 0.3) is 0 Å². The van der Waals surface area contributed by atoms with Crippen molar-refractivity contribution in [3.8, 4) is 0 Å². The van der Waals surface area contributed by atoms with E-state index in [2.05, 4.69) is 4.99 Å². The van der Waals surface area contributed by atoms with Gasteiger partial charge in [0.15, 0.2) is 0 Å².